The molecule has 1 atom stereocenters. The molecule has 0 fully saturated rings. The number of ether oxygens (including phenoxy) is 1. The highest BCUT2D eigenvalue weighted by Gasteiger charge is 2.37. The van der Waals surface area contributed by atoms with Gasteiger partial charge in [0.1, 0.15) is 11.4 Å². The van der Waals surface area contributed by atoms with E-state index in [4.69, 9.17) is 10.5 Å². The Morgan fingerprint density at radius 2 is 2.25 bits per heavy atom. The molecule has 1 aromatic rings. The molecule has 88 valence electrons. The van der Waals surface area contributed by atoms with Crippen LogP contribution >= 0.6 is 0 Å². The van der Waals surface area contributed by atoms with Crippen molar-refractivity contribution in [2.45, 2.75) is 31.9 Å². The molecule has 0 aliphatic heterocycles. The van der Waals surface area contributed by atoms with Crippen molar-refractivity contribution in [1.29, 1.82) is 0 Å². The van der Waals surface area contributed by atoms with Gasteiger partial charge in [0.2, 0.25) is 0 Å². The van der Waals surface area contributed by atoms with Crippen molar-refractivity contribution >= 4 is 0 Å². The maximum atomic E-state index is 14.7. The fourth-order valence-electron chi connectivity index (χ4n) is 2.68. The third kappa shape index (κ3) is 1.59. The second kappa shape index (κ2) is 4.06. The summed E-state index contributed by atoms with van der Waals surface area (Å²) in [5, 5.41) is 0. The van der Waals surface area contributed by atoms with Crippen LogP contribution in [-0.2, 0) is 12.1 Å². The Balaban J connectivity index is 2.63. The van der Waals surface area contributed by atoms with Crippen molar-refractivity contribution in [3.05, 3.63) is 28.8 Å². The van der Waals surface area contributed by atoms with Crippen molar-refractivity contribution in [1.82, 2.24) is 0 Å². The van der Waals surface area contributed by atoms with E-state index >= 15 is 0 Å². The lowest BCUT2D eigenvalue weighted by atomic mass is 9.78. The van der Waals surface area contributed by atoms with Crippen LogP contribution < -0.4 is 10.5 Å². The number of nitrogens with two attached hydrogens (primary N) is 1. The highest BCUT2D eigenvalue weighted by molar-refractivity contribution is 5.49. The van der Waals surface area contributed by atoms with Gasteiger partial charge >= 0.3 is 0 Å². The number of methoxy groups -OCH3 is 1. The van der Waals surface area contributed by atoms with Gasteiger partial charge in [0.25, 0.3) is 0 Å². The van der Waals surface area contributed by atoms with Crippen molar-refractivity contribution in [3.63, 3.8) is 0 Å². The van der Waals surface area contributed by atoms with Crippen LogP contribution in [0.2, 0.25) is 0 Å². The third-order valence-corrected chi connectivity index (χ3v) is 3.47. The van der Waals surface area contributed by atoms with Crippen LogP contribution in [0.15, 0.2) is 12.1 Å². The first-order valence-corrected chi connectivity index (χ1v) is 5.68. The molecule has 1 aromatic carbocycles. The van der Waals surface area contributed by atoms with E-state index in [0.29, 0.717) is 6.42 Å². The van der Waals surface area contributed by atoms with Crippen LogP contribution in [0.1, 0.15) is 29.5 Å². The lowest BCUT2D eigenvalue weighted by Crippen LogP contribution is -2.35. The lowest BCUT2D eigenvalue weighted by molar-refractivity contribution is 0.144. The zero-order valence-electron chi connectivity index (χ0n) is 9.85. The number of benzene rings is 1. The van der Waals surface area contributed by atoms with E-state index in [9.17, 15) is 4.39 Å². The molecule has 1 aliphatic carbocycles. The largest absolute Gasteiger partial charge is 0.496 e. The number of hydrogen-bond donors (Lipinski definition) is 1. The zero-order chi connectivity index (χ0) is 11.8. The van der Waals surface area contributed by atoms with Gasteiger partial charge in [-0.1, -0.05) is 6.07 Å². The van der Waals surface area contributed by atoms with Crippen LogP contribution in [-0.4, -0.2) is 13.7 Å². The fourth-order valence-corrected chi connectivity index (χ4v) is 2.68. The van der Waals surface area contributed by atoms with Gasteiger partial charge in [0.05, 0.1) is 7.11 Å². The van der Waals surface area contributed by atoms with Gasteiger partial charge in [0.15, 0.2) is 0 Å². The molecule has 2 nitrogen and oxygen atoms in total. The van der Waals surface area contributed by atoms with Crippen LogP contribution in [0, 0.1) is 6.92 Å². The number of aryl methyl sites for hydroxylation is 1. The molecule has 2 rings (SSSR count). The summed E-state index contributed by atoms with van der Waals surface area (Å²) in [7, 11) is 1.63. The van der Waals surface area contributed by atoms with Gasteiger partial charge in [-0.25, -0.2) is 4.39 Å². The summed E-state index contributed by atoms with van der Waals surface area (Å²) in [6, 6.07) is 3.82. The summed E-state index contributed by atoms with van der Waals surface area (Å²) in [6.45, 7) is 1.99. The summed E-state index contributed by atoms with van der Waals surface area (Å²) in [4.78, 5) is 0. The van der Waals surface area contributed by atoms with E-state index in [1.54, 1.807) is 7.11 Å². The van der Waals surface area contributed by atoms with E-state index in [1.165, 1.54) is 0 Å². The van der Waals surface area contributed by atoms with E-state index in [1.807, 2.05) is 19.1 Å². The smallest absolute Gasteiger partial charge is 0.148 e. The molecule has 0 radical (unpaired) electrons. The minimum Gasteiger partial charge on any atom is -0.496 e. The Hall–Kier alpha value is -1.09. The van der Waals surface area contributed by atoms with Gasteiger partial charge < -0.3 is 10.5 Å². The van der Waals surface area contributed by atoms with Crippen molar-refractivity contribution < 1.29 is 9.13 Å². The molecule has 1 aliphatic rings. The molecule has 0 saturated heterocycles. The summed E-state index contributed by atoms with van der Waals surface area (Å²) < 4.78 is 20.0. The summed E-state index contributed by atoms with van der Waals surface area (Å²) in [6.07, 6.45) is 2.23. The normalized spacial score (nSPS) is 24.0. The molecule has 0 aromatic heterocycles. The fraction of sp³-hybridized carbons (Fsp3) is 0.538. The van der Waals surface area contributed by atoms with Gasteiger partial charge in [-0.15, -0.1) is 0 Å². The monoisotopic (exact) mass is 223 g/mol. The van der Waals surface area contributed by atoms with Gasteiger partial charge in [-0.3, -0.25) is 0 Å². The van der Waals surface area contributed by atoms with Crippen molar-refractivity contribution in [3.8, 4) is 5.75 Å². The Morgan fingerprint density at radius 3 is 2.88 bits per heavy atom. The highest BCUT2D eigenvalue weighted by atomic mass is 19.1. The molecule has 1 unspecified atom stereocenters. The molecule has 3 heteroatoms. The predicted molar refractivity (Wildman–Crippen MR) is 62.5 cm³/mol. The molecule has 0 saturated carbocycles. The minimum atomic E-state index is -1.37. The predicted octanol–water partition coefficient (Wildman–Crippen LogP) is 2.46. The van der Waals surface area contributed by atoms with Crippen molar-refractivity contribution in [2.24, 2.45) is 5.73 Å². The van der Waals surface area contributed by atoms with Crippen molar-refractivity contribution in [2.75, 3.05) is 13.7 Å². The summed E-state index contributed by atoms with van der Waals surface area (Å²) in [5.74, 6) is 0.788. The van der Waals surface area contributed by atoms with E-state index in [2.05, 4.69) is 0 Å². The maximum Gasteiger partial charge on any atom is 0.148 e. The van der Waals surface area contributed by atoms with Crippen LogP contribution in [0.5, 0.6) is 5.75 Å². The van der Waals surface area contributed by atoms with E-state index in [0.717, 1.165) is 35.3 Å². The van der Waals surface area contributed by atoms with Gasteiger partial charge in [-0.2, -0.15) is 0 Å². The third-order valence-electron chi connectivity index (χ3n) is 3.47. The van der Waals surface area contributed by atoms with Crippen LogP contribution in [0.3, 0.4) is 0 Å². The molecular weight excluding hydrogens is 205 g/mol. The molecule has 0 amide bonds. The van der Waals surface area contributed by atoms with Gasteiger partial charge in [0, 0.05) is 17.7 Å². The quantitative estimate of drug-likeness (QED) is 0.836. The second-order valence-electron chi connectivity index (χ2n) is 4.46. The topological polar surface area (TPSA) is 35.2 Å². The number of halogens is 1. The molecular formula is C13H18FNO. The minimum absolute atomic E-state index is 0.0496. The Bertz CT molecular complexity index is 405. The molecule has 2 N–H and O–H groups in total. The maximum absolute atomic E-state index is 14.7. The SMILES string of the molecule is COc1ccc(C)c2c1CCCC2(F)CN. The average molecular weight is 223 g/mol. The number of hydrogen-bond acceptors (Lipinski definition) is 2. The van der Waals surface area contributed by atoms with Gasteiger partial charge in [-0.05, 0) is 37.8 Å². The first-order chi connectivity index (χ1) is 7.62. The average Bonchev–Trinajstić information content (AvgIpc) is 2.30. The highest BCUT2D eigenvalue weighted by Crippen LogP contribution is 2.43. The zero-order valence-corrected chi connectivity index (χ0v) is 9.85. The summed E-state index contributed by atoms with van der Waals surface area (Å²) in [5.41, 5.74) is 6.97. The lowest BCUT2D eigenvalue weighted by Gasteiger charge is -2.33. The Labute approximate surface area is 95.6 Å². The molecule has 16 heavy (non-hydrogen) atoms. The number of fused-ring (bicyclic) bond motifs is 1. The first kappa shape index (κ1) is 11.4. The van der Waals surface area contributed by atoms with Crippen LogP contribution in [0.4, 0.5) is 4.39 Å². The molecule has 0 bridgehead atoms. The van der Waals surface area contributed by atoms with Crippen LogP contribution in [0.25, 0.3) is 0 Å². The molecule has 0 spiro atoms. The number of alkyl halides is 1. The molecule has 0 heterocycles. The standard InChI is InChI=1S/C13H18FNO/c1-9-5-6-11(16-2)10-4-3-7-13(14,8-15)12(9)10/h5-6H,3-4,7-8,15H2,1-2H3. The number of rotatable bonds is 2. The first-order valence-electron chi connectivity index (χ1n) is 5.68. The second-order valence-corrected chi connectivity index (χ2v) is 4.46. The summed E-state index contributed by atoms with van der Waals surface area (Å²) >= 11 is 0. The Morgan fingerprint density at radius 1 is 1.50 bits per heavy atom. The van der Waals surface area contributed by atoms with E-state index in [-0.39, 0.29) is 6.54 Å². The Kier molecular flexibility index (Phi) is 2.89. The van der Waals surface area contributed by atoms with E-state index < -0.39 is 5.67 Å².